The van der Waals surface area contributed by atoms with E-state index in [0.29, 0.717) is 32.8 Å². The molecule has 0 amide bonds. The van der Waals surface area contributed by atoms with Crippen LogP contribution in [0.1, 0.15) is 5.56 Å². The Balaban J connectivity index is 1.52. The number of nitrogens with one attached hydrogen (secondary N) is 2. The minimum atomic E-state index is -0.854. The lowest BCUT2D eigenvalue weighted by atomic mass is 10.1. The highest BCUT2D eigenvalue weighted by Gasteiger charge is 2.28. The Labute approximate surface area is 118 Å². The van der Waals surface area contributed by atoms with Crippen molar-refractivity contribution in [2.45, 2.75) is 12.1 Å². The molecule has 1 aromatic rings. The molecular weight excluding hydrogens is 260 g/mol. The number of hydrogen-bond acceptors (Lipinski definition) is 6. The Morgan fingerprint density at radius 3 is 3.15 bits per heavy atom. The van der Waals surface area contributed by atoms with E-state index in [0.717, 1.165) is 23.6 Å². The molecule has 2 heterocycles. The van der Waals surface area contributed by atoms with Crippen LogP contribution in [0.5, 0.6) is 11.5 Å². The summed E-state index contributed by atoms with van der Waals surface area (Å²) >= 11 is 0. The molecule has 3 rings (SSSR count). The molecule has 6 nitrogen and oxygen atoms in total. The molecule has 2 aliphatic rings. The monoisotopic (exact) mass is 280 g/mol. The summed E-state index contributed by atoms with van der Waals surface area (Å²) in [6, 6.07) is 5.86. The predicted molar refractivity (Wildman–Crippen MR) is 72.9 cm³/mol. The highest BCUT2D eigenvalue weighted by Crippen LogP contribution is 2.32. The van der Waals surface area contributed by atoms with Crippen molar-refractivity contribution in [2.24, 2.45) is 0 Å². The topological polar surface area (TPSA) is 72.0 Å². The Bertz CT molecular complexity index is 458. The van der Waals surface area contributed by atoms with E-state index >= 15 is 0 Å². The van der Waals surface area contributed by atoms with Crippen LogP contribution in [0.3, 0.4) is 0 Å². The van der Waals surface area contributed by atoms with Crippen molar-refractivity contribution in [2.75, 3.05) is 39.6 Å². The first-order valence-corrected chi connectivity index (χ1v) is 6.85. The van der Waals surface area contributed by atoms with Crippen molar-refractivity contribution in [1.29, 1.82) is 0 Å². The first-order chi connectivity index (χ1) is 9.75. The molecule has 110 valence electrons. The van der Waals surface area contributed by atoms with E-state index in [9.17, 15) is 5.11 Å². The molecule has 6 heteroatoms. The second kappa shape index (κ2) is 5.97. The minimum absolute atomic E-state index is 0.287. The molecule has 0 aromatic heterocycles. The summed E-state index contributed by atoms with van der Waals surface area (Å²) < 4.78 is 16.0. The third-order valence-electron chi connectivity index (χ3n) is 3.47. The number of ether oxygens (including phenoxy) is 3. The number of β-amino-alcohol motifs (C(OH)–C–C–N with tert-alkyl or cyclic N) is 1. The van der Waals surface area contributed by atoms with Gasteiger partial charge in [0, 0.05) is 26.2 Å². The summed E-state index contributed by atoms with van der Waals surface area (Å²) in [6.07, 6.45) is 0. The molecule has 0 radical (unpaired) electrons. The maximum atomic E-state index is 10.4. The van der Waals surface area contributed by atoms with Crippen molar-refractivity contribution in [3.63, 3.8) is 0 Å². The lowest BCUT2D eigenvalue weighted by Gasteiger charge is -2.26. The standard InChI is InChI=1S/C14H20N2O4/c17-14(7-15-3-4-18-9-14)8-16-6-11-1-2-12-13(5-11)20-10-19-12/h1-2,5,15-17H,3-4,6-10H2. The normalized spacial score (nSPS) is 25.4. The van der Waals surface area contributed by atoms with Crippen molar-refractivity contribution < 1.29 is 19.3 Å². The van der Waals surface area contributed by atoms with E-state index in [1.54, 1.807) is 0 Å². The Hall–Kier alpha value is -1.34. The largest absolute Gasteiger partial charge is 0.454 e. The van der Waals surface area contributed by atoms with E-state index in [2.05, 4.69) is 10.6 Å². The molecule has 0 bridgehead atoms. The number of rotatable bonds is 4. The van der Waals surface area contributed by atoms with Crippen molar-refractivity contribution in [1.82, 2.24) is 10.6 Å². The van der Waals surface area contributed by atoms with Crippen LogP contribution >= 0.6 is 0 Å². The van der Waals surface area contributed by atoms with Crippen LogP contribution in [0.25, 0.3) is 0 Å². The molecule has 0 saturated carbocycles. The fourth-order valence-corrected chi connectivity index (χ4v) is 2.38. The third kappa shape index (κ3) is 3.21. The minimum Gasteiger partial charge on any atom is -0.454 e. The first kappa shape index (κ1) is 13.6. The van der Waals surface area contributed by atoms with E-state index < -0.39 is 5.60 Å². The van der Waals surface area contributed by atoms with Gasteiger partial charge in [0.25, 0.3) is 0 Å². The van der Waals surface area contributed by atoms with Crippen molar-refractivity contribution in [3.8, 4) is 11.5 Å². The maximum Gasteiger partial charge on any atom is 0.231 e. The van der Waals surface area contributed by atoms with Gasteiger partial charge in [0.1, 0.15) is 5.60 Å². The molecule has 1 saturated heterocycles. The van der Waals surface area contributed by atoms with Gasteiger partial charge in [-0.05, 0) is 17.7 Å². The molecule has 1 unspecified atom stereocenters. The second-order valence-corrected chi connectivity index (χ2v) is 5.24. The van der Waals surface area contributed by atoms with Gasteiger partial charge in [0.15, 0.2) is 11.5 Å². The number of aliphatic hydroxyl groups is 1. The zero-order valence-electron chi connectivity index (χ0n) is 11.4. The third-order valence-corrected chi connectivity index (χ3v) is 3.47. The number of fused-ring (bicyclic) bond motifs is 1. The van der Waals surface area contributed by atoms with Gasteiger partial charge in [-0.1, -0.05) is 6.07 Å². The SMILES string of the molecule is OC1(CNCc2ccc3c(c2)OCO3)CNCCOC1. The molecule has 1 atom stereocenters. The van der Waals surface area contributed by atoms with Gasteiger partial charge < -0.3 is 30.0 Å². The summed E-state index contributed by atoms with van der Waals surface area (Å²) in [5, 5.41) is 16.8. The molecule has 0 aliphatic carbocycles. The average molecular weight is 280 g/mol. The smallest absolute Gasteiger partial charge is 0.231 e. The van der Waals surface area contributed by atoms with Crippen LogP contribution < -0.4 is 20.1 Å². The number of benzene rings is 1. The van der Waals surface area contributed by atoms with E-state index in [1.807, 2.05) is 18.2 Å². The van der Waals surface area contributed by atoms with Crippen LogP contribution in [-0.4, -0.2) is 50.3 Å². The first-order valence-electron chi connectivity index (χ1n) is 6.85. The van der Waals surface area contributed by atoms with E-state index in [1.165, 1.54) is 0 Å². The van der Waals surface area contributed by atoms with Crippen LogP contribution in [0.4, 0.5) is 0 Å². The Kier molecular flexibility index (Phi) is 4.07. The quantitative estimate of drug-likeness (QED) is 0.713. The summed E-state index contributed by atoms with van der Waals surface area (Å²) in [6.45, 7) is 3.76. The summed E-state index contributed by atoms with van der Waals surface area (Å²) in [7, 11) is 0. The van der Waals surface area contributed by atoms with Gasteiger partial charge in [-0.2, -0.15) is 0 Å². The zero-order chi connectivity index (χ0) is 13.8. The molecule has 0 spiro atoms. The zero-order valence-corrected chi connectivity index (χ0v) is 11.4. The Morgan fingerprint density at radius 2 is 2.20 bits per heavy atom. The fraction of sp³-hybridized carbons (Fsp3) is 0.571. The molecule has 2 aliphatic heterocycles. The average Bonchev–Trinajstić information content (AvgIpc) is 2.80. The Morgan fingerprint density at radius 1 is 1.30 bits per heavy atom. The van der Waals surface area contributed by atoms with Gasteiger partial charge in [0.05, 0.1) is 13.2 Å². The van der Waals surface area contributed by atoms with E-state index in [-0.39, 0.29) is 6.79 Å². The summed E-state index contributed by atoms with van der Waals surface area (Å²) in [5.41, 5.74) is 0.243. The van der Waals surface area contributed by atoms with E-state index in [4.69, 9.17) is 14.2 Å². The highest BCUT2D eigenvalue weighted by molar-refractivity contribution is 5.44. The van der Waals surface area contributed by atoms with Crippen LogP contribution in [0.2, 0.25) is 0 Å². The van der Waals surface area contributed by atoms with Crippen LogP contribution in [0.15, 0.2) is 18.2 Å². The van der Waals surface area contributed by atoms with Crippen molar-refractivity contribution in [3.05, 3.63) is 23.8 Å². The maximum absolute atomic E-state index is 10.4. The lowest BCUT2D eigenvalue weighted by molar-refractivity contribution is -0.0264. The van der Waals surface area contributed by atoms with Crippen LogP contribution in [0, 0.1) is 0 Å². The predicted octanol–water partition coefficient (Wildman–Crippen LogP) is -0.144. The van der Waals surface area contributed by atoms with Gasteiger partial charge in [-0.15, -0.1) is 0 Å². The van der Waals surface area contributed by atoms with Gasteiger partial charge >= 0.3 is 0 Å². The van der Waals surface area contributed by atoms with Gasteiger partial charge in [-0.25, -0.2) is 0 Å². The number of hydrogen-bond donors (Lipinski definition) is 3. The lowest BCUT2D eigenvalue weighted by Crippen LogP contribution is -2.50. The van der Waals surface area contributed by atoms with Crippen LogP contribution in [-0.2, 0) is 11.3 Å². The fourth-order valence-electron chi connectivity index (χ4n) is 2.38. The van der Waals surface area contributed by atoms with Crippen molar-refractivity contribution >= 4 is 0 Å². The molecule has 1 aromatic carbocycles. The molecule has 3 N–H and O–H groups in total. The molecule has 20 heavy (non-hydrogen) atoms. The van der Waals surface area contributed by atoms with Gasteiger partial charge in [-0.3, -0.25) is 0 Å². The molecule has 1 fully saturated rings. The van der Waals surface area contributed by atoms with Gasteiger partial charge in [0.2, 0.25) is 6.79 Å². The summed E-state index contributed by atoms with van der Waals surface area (Å²) in [4.78, 5) is 0. The highest BCUT2D eigenvalue weighted by atomic mass is 16.7. The summed E-state index contributed by atoms with van der Waals surface area (Å²) in [5.74, 6) is 1.57. The molecular formula is C14H20N2O4. The second-order valence-electron chi connectivity index (χ2n) is 5.24.